The van der Waals surface area contributed by atoms with Gasteiger partial charge in [-0.1, -0.05) is 48.9 Å². The highest BCUT2D eigenvalue weighted by atomic mass is 16.3. The molecule has 4 aromatic rings. The van der Waals surface area contributed by atoms with Gasteiger partial charge in [0.2, 0.25) is 11.8 Å². The van der Waals surface area contributed by atoms with Crippen molar-refractivity contribution in [2.24, 2.45) is 17.8 Å². The molecule has 240 valence electrons. The van der Waals surface area contributed by atoms with Crippen LogP contribution < -0.4 is 10.2 Å². The second kappa shape index (κ2) is 14.2. The van der Waals surface area contributed by atoms with Gasteiger partial charge in [-0.05, 0) is 109 Å². The van der Waals surface area contributed by atoms with E-state index in [0.717, 1.165) is 33.8 Å². The van der Waals surface area contributed by atoms with Crippen LogP contribution in [-0.2, 0) is 9.59 Å². The summed E-state index contributed by atoms with van der Waals surface area (Å²) in [4.78, 5) is 33.5. The molecule has 2 heterocycles. The number of aliphatic hydroxyl groups is 2. The molecule has 47 heavy (non-hydrogen) atoms. The number of rotatable bonds is 11. The van der Waals surface area contributed by atoms with Crippen molar-refractivity contribution in [2.75, 3.05) is 16.8 Å². The number of nitrogens with zero attached hydrogens (tertiary/aromatic N) is 2. The summed E-state index contributed by atoms with van der Waals surface area (Å²) < 4.78 is 0. The van der Waals surface area contributed by atoms with E-state index in [1.54, 1.807) is 36.5 Å². The molecule has 4 N–H and O–H groups in total. The molecule has 0 radical (unpaired) electrons. The zero-order valence-electron chi connectivity index (χ0n) is 26.3. The van der Waals surface area contributed by atoms with Crippen LogP contribution in [0.3, 0.4) is 0 Å². The smallest absolute Gasteiger partial charge is 0.238 e. The molecule has 3 aromatic carbocycles. The SMILES string of the molecule is CCC1=C([C@H](O)CC/C(=C/c2cccc(O)c2)c2ccccn2)[C@H](CO)[C@@H]2C(=O)N(c3ccc(Nc4ccccc4)cc3)C(=O)[C@@H]2C1. The maximum absolute atomic E-state index is 14.0. The van der Waals surface area contributed by atoms with Crippen molar-refractivity contribution in [3.8, 4) is 5.75 Å². The van der Waals surface area contributed by atoms with E-state index in [1.165, 1.54) is 4.90 Å². The summed E-state index contributed by atoms with van der Waals surface area (Å²) in [7, 11) is 0. The highest BCUT2D eigenvalue weighted by Crippen LogP contribution is 2.48. The number of pyridine rings is 1. The second-order valence-corrected chi connectivity index (χ2v) is 12.1. The van der Waals surface area contributed by atoms with Crippen LogP contribution in [0, 0.1) is 17.8 Å². The van der Waals surface area contributed by atoms with E-state index in [2.05, 4.69) is 10.3 Å². The Morgan fingerprint density at radius 1 is 0.957 bits per heavy atom. The fourth-order valence-electron chi connectivity index (χ4n) is 7.02. The van der Waals surface area contributed by atoms with Crippen molar-refractivity contribution >= 4 is 40.5 Å². The Hall–Kier alpha value is -5.05. The summed E-state index contributed by atoms with van der Waals surface area (Å²) in [5.74, 6) is -2.49. The lowest BCUT2D eigenvalue weighted by atomic mass is 9.67. The van der Waals surface area contributed by atoms with Crippen molar-refractivity contribution in [2.45, 2.75) is 38.7 Å². The molecule has 8 heteroatoms. The molecule has 1 aromatic heterocycles. The lowest BCUT2D eigenvalue weighted by molar-refractivity contribution is -0.123. The number of anilines is 3. The van der Waals surface area contributed by atoms with Crippen LogP contribution in [-0.4, -0.2) is 44.8 Å². The van der Waals surface area contributed by atoms with Crippen LogP contribution in [0.25, 0.3) is 11.6 Å². The fourth-order valence-corrected chi connectivity index (χ4v) is 7.02. The molecule has 0 saturated carbocycles. The second-order valence-electron chi connectivity index (χ2n) is 12.1. The largest absolute Gasteiger partial charge is 0.508 e. The van der Waals surface area contributed by atoms with Crippen molar-refractivity contribution in [3.63, 3.8) is 0 Å². The molecule has 6 rings (SSSR count). The van der Waals surface area contributed by atoms with Gasteiger partial charge < -0.3 is 20.6 Å². The van der Waals surface area contributed by atoms with E-state index >= 15 is 0 Å². The lowest BCUT2D eigenvalue weighted by Gasteiger charge is -2.36. The third-order valence-electron chi connectivity index (χ3n) is 9.25. The van der Waals surface area contributed by atoms with Crippen LogP contribution in [0.1, 0.15) is 43.9 Å². The summed E-state index contributed by atoms with van der Waals surface area (Å²) in [6, 6.07) is 29.5. The minimum Gasteiger partial charge on any atom is -0.508 e. The normalized spacial score (nSPS) is 20.4. The molecule has 1 aliphatic heterocycles. The Kier molecular flexibility index (Phi) is 9.61. The molecule has 0 unspecified atom stereocenters. The highest BCUT2D eigenvalue weighted by molar-refractivity contribution is 6.22. The molecule has 2 aliphatic rings. The number of para-hydroxylation sites is 1. The van der Waals surface area contributed by atoms with Crippen LogP contribution in [0.5, 0.6) is 5.75 Å². The predicted octanol–water partition coefficient (Wildman–Crippen LogP) is 6.74. The van der Waals surface area contributed by atoms with Gasteiger partial charge in [-0.3, -0.25) is 19.5 Å². The number of carbonyl (C=O) groups excluding carboxylic acids is 2. The maximum atomic E-state index is 14.0. The monoisotopic (exact) mass is 629 g/mol. The number of aromatic hydroxyl groups is 1. The number of imide groups is 1. The molecule has 0 bridgehead atoms. The van der Waals surface area contributed by atoms with Crippen LogP contribution in [0.15, 0.2) is 114 Å². The van der Waals surface area contributed by atoms with Gasteiger partial charge >= 0.3 is 0 Å². The number of carbonyl (C=O) groups is 2. The van der Waals surface area contributed by atoms with Crippen molar-refractivity contribution < 1.29 is 24.9 Å². The third-order valence-corrected chi connectivity index (χ3v) is 9.25. The fraction of sp³-hybridized carbons (Fsp3) is 0.256. The Morgan fingerprint density at radius 2 is 1.70 bits per heavy atom. The lowest BCUT2D eigenvalue weighted by Crippen LogP contribution is -2.39. The number of phenolic OH excluding ortho intramolecular Hbond substituents is 1. The number of phenols is 1. The number of nitrogens with one attached hydrogen (secondary N) is 1. The Morgan fingerprint density at radius 3 is 2.38 bits per heavy atom. The Balaban J connectivity index is 1.23. The van der Waals surface area contributed by atoms with E-state index in [-0.39, 0.29) is 24.2 Å². The van der Waals surface area contributed by atoms with Crippen molar-refractivity contribution in [1.82, 2.24) is 4.98 Å². The van der Waals surface area contributed by atoms with E-state index < -0.39 is 23.9 Å². The van der Waals surface area contributed by atoms with Gasteiger partial charge in [0.15, 0.2) is 0 Å². The van der Waals surface area contributed by atoms with E-state index in [0.29, 0.717) is 36.9 Å². The van der Waals surface area contributed by atoms with Crippen LogP contribution in [0.4, 0.5) is 17.1 Å². The zero-order chi connectivity index (χ0) is 32.9. The van der Waals surface area contributed by atoms with Crippen molar-refractivity contribution in [3.05, 3.63) is 126 Å². The molecule has 2 amide bonds. The summed E-state index contributed by atoms with van der Waals surface area (Å²) in [5.41, 5.74) is 6.27. The Labute approximate surface area is 274 Å². The van der Waals surface area contributed by atoms with Gasteiger partial charge in [-0.2, -0.15) is 0 Å². The summed E-state index contributed by atoms with van der Waals surface area (Å²) in [6.45, 7) is 1.63. The summed E-state index contributed by atoms with van der Waals surface area (Å²) in [6.07, 6.45) is 4.48. The maximum Gasteiger partial charge on any atom is 0.238 e. The van der Waals surface area contributed by atoms with Gasteiger partial charge in [-0.25, -0.2) is 0 Å². The number of amides is 2. The Bertz CT molecular complexity index is 1790. The molecule has 1 saturated heterocycles. The van der Waals surface area contributed by atoms with Gasteiger partial charge in [0.1, 0.15) is 5.75 Å². The average Bonchev–Trinajstić information content (AvgIpc) is 3.35. The number of aromatic nitrogens is 1. The van der Waals surface area contributed by atoms with E-state index in [1.807, 2.05) is 79.7 Å². The first kappa shape index (κ1) is 31.9. The molecule has 1 aliphatic carbocycles. The minimum atomic E-state index is -0.931. The number of aliphatic hydroxyl groups excluding tert-OH is 2. The number of fused-ring (bicyclic) bond motifs is 1. The zero-order valence-corrected chi connectivity index (χ0v) is 26.3. The number of hydrogen-bond donors (Lipinski definition) is 4. The van der Waals surface area contributed by atoms with Crippen LogP contribution >= 0.6 is 0 Å². The van der Waals surface area contributed by atoms with E-state index in [9.17, 15) is 24.9 Å². The molecular formula is C39H39N3O5. The van der Waals surface area contributed by atoms with Gasteiger partial charge in [0, 0.05) is 23.5 Å². The number of benzene rings is 3. The van der Waals surface area contributed by atoms with Gasteiger partial charge in [-0.15, -0.1) is 0 Å². The van der Waals surface area contributed by atoms with Crippen molar-refractivity contribution in [1.29, 1.82) is 0 Å². The quantitative estimate of drug-likeness (QED) is 0.107. The van der Waals surface area contributed by atoms with Gasteiger partial charge in [0.25, 0.3) is 0 Å². The first-order valence-electron chi connectivity index (χ1n) is 16.1. The molecule has 0 spiro atoms. The number of allylic oxidation sites excluding steroid dienone is 2. The highest BCUT2D eigenvalue weighted by Gasteiger charge is 2.55. The standard InChI is InChI=1S/C39H39N3O5/c1-2-26-23-32-37(39(47)42(38(32)46)30-17-15-29(16-18-30)41-28-10-4-3-5-11-28)33(24-43)36(26)35(45)19-14-27(34-13-6-7-20-40-34)21-25-9-8-12-31(44)22-25/h3-13,15-18,20-22,32-33,35,37,41,43-45H,2,14,19,23-24H2,1H3/b27-21-/t32-,33+,35-,37-/m1/s1. The molecule has 4 atom stereocenters. The molecular weight excluding hydrogens is 590 g/mol. The third kappa shape index (κ3) is 6.75. The molecule has 1 fully saturated rings. The number of hydrogen-bond acceptors (Lipinski definition) is 7. The summed E-state index contributed by atoms with van der Waals surface area (Å²) >= 11 is 0. The molecule has 8 nitrogen and oxygen atoms in total. The van der Waals surface area contributed by atoms with Gasteiger partial charge in [0.05, 0.1) is 35.9 Å². The van der Waals surface area contributed by atoms with E-state index in [4.69, 9.17) is 0 Å². The van der Waals surface area contributed by atoms with Crippen LogP contribution in [0.2, 0.25) is 0 Å². The predicted molar refractivity (Wildman–Crippen MR) is 184 cm³/mol. The summed E-state index contributed by atoms with van der Waals surface area (Å²) in [5, 5.41) is 35.7. The topological polar surface area (TPSA) is 123 Å². The first-order valence-corrected chi connectivity index (χ1v) is 16.1. The first-order chi connectivity index (χ1) is 22.9. The average molecular weight is 630 g/mol. The minimum absolute atomic E-state index is 0.157.